The van der Waals surface area contributed by atoms with Crippen molar-refractivity contribution in [1.29, 1.82) is 0 Å². The average molecular weight is 413 g/mol. The molecule has 1 saturated carbocycles. The van der Waals surface area contributed by atoms with E-state index in [1.165, 1.54) is 18.9 Å². The molecule has 1 aliphatic heterocycles. The van der Waals surface area contributed by atoms with Gasteiger partial charge in [0, 0.05) is 27.1 Å². The average Bonchev–Trinajstić information content (AvgIpc) is 3.18. The Labute approximate surface area is 173 Å². The number of hydrogen-bond acceptors (Lipinski definition) is 7. The summed E-state index contributed by atoms with van der Waals surface area (Å²) in [5.74, 6) is -2.79. The minimum atomic E-state index is -1.60. The molecular weight excluding hydrogens is 376 g/mol. The standard InChI is InChI=1S/C21H36N2O6/c1-15(24)22(5)21(23-13-7-8-14-23,19(26)29-20(2,3)4)28-17-11-9-16(10-12-17)18(25)27-6/h16-17H,7-14H2,1-6H3. The zero-order valence-corrected chi connectivity index (χ0v) is 18.7. The molecule has 1 heterocycles. The first-order valence-electron chi connectivity index (χ1n) is 10.5. The molecule has 0 aromatic heterocycles. The summed E-state index contributed by atoms with van der Waals surface area (Å²) >= 11 is 0. The van der Waals surface area contributed by atoms with Crippen molar-refractivity contribution < 1.29 is 28.6 Å². The highest BCUT2D eigenvalue weighted by molar-refractivity contribution is 5.85. The molecule has 0 aromatic carbocycles. The number of nitrogens with zero attached hydrogens (tertiary/aromatic N) is 2. The topological polar surface area (TPSA) is 85.4 Å². The van der Waals surface area contributed by atoms with Gasteiger partial charge in [-0.25, -0.2) is 9.69 Å². The van der Waals surface area contributed by atoms with Gasteiger partial charge < -0.3 is 14.2 Å². The van der Waals surface area contributed by atoms with Crippen LogP contribution in [0.1, 0.15) is 66.2 Å². The van der Waals surface area contributed by atoms with E-state index in [9.17, 15) is 14.4 Å². The number of likely N-dealkylation sites (tertiary alicyclic amines) is 1. The molecule has 0 spiro atoms. The van der Waals surface area contributed by atoms with Crippen molar-refractivity contribution >= 4 is 17.8 Å². The lowest BCUT2D eigenvalue weighted by Crippen LogP contribution is -2.68. The summed E-state index contributed by atoms with van der Waals surface area (Å²) in [6.45, 7) is 8.12. The first kappa shape index (κ1) is 23.6. The monoisotopic (exact) mass is 412 g/mol. The number of carbonyl (C=O) groups excluding carboxylic acids is 3. The van der Waals surface area contributed by atoms with Crippen molar-refractivity contribution in [3.05, 3.63) is 0 Å². The van der Waals surface area contributed by atoms with Crippen molar-refractivity contribution in [3.63, 3.8) is 0 Å². The highest BCUT2D eigenvalue weighted by Crippen LogP contribution is 2.35. The summed E-state index contributed by atoms with van der Waals surface area (Å²) in [6, 6.07) is 0. The summed E-state index contributed by atoms with van der Waals surface area (Å²) in [5.41, 5.74) is -0.717. The zero-order valence-electron chi connectivity index (χ0n) is 18.7. The van der Waals surface area contributed by atoms with Crippen molar-refractivity contribution in [2.75, 3.05) is 27.2 Å². The van der Waals surface area contributed by atoms with Crippen LogP contribution in [-0.4, -0.2) is 72.4 Å². The van der Waals surface area contributed by atoms with E-state index in [4.69, 9.17) is 14.2 Å². The fraction of sp³-hybridized carbons (Fsp3) is 0.857. The molecule has 0 radical (unpaired) electrons. The van der Waals surface area contributed by atoms with E-state index in [0.29, 0.717) is 38.8 Å². The smallest absolute Gasteiger partial charge is 0.377 e. The quantitative estimate of drug-likeness (QED) is 0.489. The minimum Gasteiger partial charge on any atom is -0.469 e. The number of hydrogen-bond donors (Lipinski definition) is 0. The van der Waals surface area contributed by atoms with E-state index < -0.39 is 17.4 Å². The second kappa shape index (κ2) is 9.43. The number of carbonyl (C=O) groups is 3. The first-order chi connectivity index (χ1) is 13.5. The van der Waals surface area contributed by atoms with Crippen LogP contribution >= 0.6 is 0 Å². The number of methoxy groups -OCH3 is 1. The molecule has 2 rings (SSSR count). The van der Waals surface area contributed by atoms with Crippen LogP contribution in [0.3, 0.4) is 0 Å². The molecule has 29 heavy (non-hydrogen) atoms. The minimum absolute atomic E-state index is 0.145. The van der Waals surface area contributed by atoms with E-state index in [1.54, 1.807) is 27.8 Å². The number of ether oxygens (including phenoxy) is 3. The van der Waals surface area contributed by atoms with Gasteiger partial charge in [0.05, 0.1) is 19.1 Å². The largest absolute Gasteiger partial charge is 0.469 e. The molecular formula is C21H36N2O6. The van der Waals surface area contributed by atoms with E-state index in [1.807, 2.05) is 4.90 Å². The van der Waals surface area contributed by atoms with Crippen LogP contribution in [0.2, 0.25) is 0 Å². The normalized spacial score (nSPS) is 25.2. The van der Waals surface area contributed by atoms with Gasteiger partial charge in [-0.2, -0.15) is 0 Å². The Balaban J connectivity index is 2.31. The van der Waals surface area contributed by atoms with Crippen molar-refractivity contribution in [2.45, 2.75) is 83.8 Å². The van der Waals surface area contributed by atoms with Gasteiger partial charge in [-0.15, -0.1) is 0 Å². The van der Waals surface area contributed by atoms with Crippen LogP contribution < -0.4 is 0 Å². The highest BCUT2D eigenvalue weighted by Gasteiger charge is 2.55. The molecule has 0 N–H and O–H groups in total. The third kappa shape index (κ3) is 5.48. The van der Waals surface area contributed by atoms with Crippen LogP contribution in [0, 0.1) is 5.92 Å². The predicted octanol–water partition coefficient (Wildman–Crippen LogP) is 2.30. The lowest BCUT2D eigenvalue weighted by atomic mass is 9.87. The molecule has 8 heteroatoms. The predicted molar refractivity (Wildman–Crippen MR) is 107 cm³/mol. The van der Waals surface area contributed by atoms with Gasteiger partial charge in [0.25, 0.3) is 0 Å². The Morgan fingerprint density at radius 2 is 1.55 bits per heavy atom. The maximum atomic E-state index is 13.4. The zero-order chi connectivity index (χ0) is 21.8. The van der Waals surface area contributed by atoms with E-state index in [2.05, 4.69) is 0 Å². The van der Waals surface area contributed by atoms with Gasteiger partial charge in [0.1, 0.15) is 5.60 Å². The highest BCUT2D eigenvalue weighted by atomic mass is 16.6. The fourth-order valence-corrected chi connectivity index (χ4v) is 4.07. The van der Waals surface area contributed by atoms with Gasteiger partial charge in [-0.3, -0.25) is 14.5 Å². The third-order valence-electron chi connectivity index (χ3n) is 5.67. The van der Waals surface area contributed by atoms with Gasteiger partial charge in [0.2, 0.25) is 5.91 Å². The molecule has 8 nitrogen and oxygen atoms in total. The van der Waals surface area contributed by atoms with Crippen LogP contribution in [0.4, 0.5) is 0 Å². The number of likely N-dealkylation sites (N-methyl/N-ethyl adjacent to an activating group) is 1. The molecule has 1 aliphatic carbocycles. The van der Waals surface area contributed by atoms with Gasteiger partial charge in [-0.1, -0.05) is 0 Å². The molecule has 0 aromatic rings. The molecule has 0 bridgehead atoms. The van der Waals surface area contributed by atoms with Crippen molar-refractivity contribution in [2.24, 2.45) is 5.92 Å². The van der Waals surface area contributed by atoms with E-state index in [0.717, 1.165) is 12.8 Å². The Kier molecular flexibility index (Phi) is 7.67. The number of amides is 1. The van der Waals surface area contributed by atoms with E-state index >= 15 is 0 Å². The lowest BCUT2D eigenvalue weighted by Gasteiger charge is -2.47. The summed E-state index contributed by atoms with van der Waals surface area (Å²) < 4.78 is 17.0. The van der Waals surface area contributed by atoms with Crippen molar-refractivity contribution in [1.82, 2.24) is 9.80 Å². The molecule has 1 saturated heterocycles. The second-order valence-electron chi connectivity index (χ2n) is 9.00. The van der Waals surface area contributed by atoms with Gasteiger partial charge in [-0.05, 0) is 59.3 Å². The van der Waals surface area contributed by atoms with Gasteiger partial charge in [0.15, 0.2) is 0 Å². The summed E-state index contributed by atoms with van der Waals surface area (Å²) in [5, 5.41) is 0. The first-order valence-corrected chi connectivity index (χ1v) is 10.5. The molecule has 1 atom stereocenters. The summed E-state index contributed by atoms with van der Waals surface area (Å²) in [7, 11) is 2.98. The van der Waals surface area contributed by atoms with Crippen LogP contribution in [0.15, 0.2) is 0 Å². The van der Waals surface area contributed by atoms with E-state index in [-0.39, 0.29) is 23.9 Å². The second-order valence-corrected chi connectivity index (χ2v) is 9.00. The molecule has 2 aliphatic rings. The third-order valence-corrected chi connectivity index (χ3v) is 5.67. The Morgan fingerprint density at radius 3 is 2.00 bits per heavy atom. The Hall–Kier alpha value is -1.67. The van der Waals surface area contributed by atoms with Crippen molar-refractivity contribution in [3.8, 4) is 0 Å². The Morgan fingerprint density at radius 1 is 1.00 bits per heavy atom. The van der Waals surface area contributed by atoms with Crippen LogP contribution in [0.5, 0.6) is 0 Å². The molecule has 1 amide bonds. The molecule has 166 valence electrons. The number of esters is 2. The lowest BCUT2D eigenvalue weighted by molar-refractivity contribution is -0.268. The van der Waals surface area contributed by atoms with Crippen LogP contribution in [0.25, 0.3) is 0 Å². The van der Waals surface area contributed by atoms with Crippen LogP contribution in [-0.2, 0) is 28.6 Å². The maximum absolute atomic E-state index is 13.4. The molecule has 2 fully saturated rings. The molecule has 1 unspecified atom stereocenters. The van der Waals surface area contributed by atoms with Gasteiger partial charge >= 0.3 is 17.8 Å². The Bertz CT molecular complexity index is 603. The summed E-state index contributed by atoms with van der Waals surface area (Å²) in [4.78, 5) is 40.9. The number of rotatable bonds is 6. The maximum Gasteiger partial charge on any atom is 0.377 e. The summed E-state index contributed by atoms with van der Waals surface area (Å²) in [6.07, 6.45) is 4.08. The fourth-order valence-electron chi connectivity index (χ4n) is 4.07. The SMILES string of the molecule is COC(=O)C1CCC(OC(C(=O)OC(C)(C)C)(N2CCCC2)N(C)C(C)=O)CC1.